The number of nitrogens with zero attached hydrogens (tertiary/aromatic N) is 6. The molecule has 1 amide bonds. The average molecular weight is 621 g/mol. The first kappa shape index (κ1) is 31.1. The normalized spacial score (nSPS) is 13.4. The molecule has 5 rings (SSSR count). The highest BCUT2D eigenvalue weighted by Crippen LogP contribution is 2.38. The molecule has 1 aromatic carbocycles. The number of carbonyl (C=O) groups is 3. The molecule has 1 saturated heterocycles. The van der Waals surface area contributed by atoms with Crippen LogP contribution in [-0.4, -0.2) is 90.1 Å². The topological polar surface area (TPSA) is 176 Å². The van der Waals surface area contributed by atoms with Crippen LogP contribution in [0.4, 0.5) is 20.2 Å². The Morgan fingerprint density at radius 3 is 2.67 bits per heavy atom. The molecule has 0 atom stereocenters. The number of hydrogen-bond donors (Lipinski definition) is 4. The second-order valence-corrected chi connectivity index (χ2v) is 9.65. The zero-order chi connectivity index (χ0) is 30.9. The molecular weight excluding hydrogens is 594 g/mol. The van der Waals surface area contributed by atoms with Crippen molar-refractivity contribution in [2.24, 2.45) is 0 Å². The predicted octanol–water partition coefficient (Wildman–Crippen LogP) is 2.96. The van der Waals surface area contributed by atoms with E-state index in [9.17, 15) is 18.4 Å². The number of carboxylic acid groups (broad SMARTS) is 2. The fourth-order valence-corrected chi connectivity index (χ4v) is 4.71. The third kappa shape index (κ3) is 8.14. The molecule has 4 N–H and O–H groups in total. The van der Waals surface area contributed by atoms with Crippen LogP contribution in [-0.2, 0) is 20.9 Å². The van der Waals surface area contributed by atoms with Crippen molar-refractivity contribution < 1.29 is 38.1 Å². The van der Waals surface area contributed by atoms with E-state index >= 15 is 0 Å². The number of carboxylic acids is 1. The van der Waals surface area contributed by atoms with Crippen LogP contribution >= 0.6 is 11.6 Å². The van der Waals surface area contributed by atoms with E-state index < -0.39 is 12.6 Å². The van der Waals surface area contributed by atoms with Crippen molar-refractivity contribution in [3.8, 4) is 17.0 Å². The van der Waals surface area contributed by atoms with Crippen LogP contribution in [0.15, 0.2) is 49.1 Å². The number of rotatable bonds is 10. The maximum absolute atomic E-state index is 13.2. The molecule has 0 aliphatic carbocycles. The molecule has 0 bridgehead atoms. The van der Waals surface area contributed by atoms with Crippen LogP contribution < -0.4 is 15.4 Å². The Morgan fingerprint density at radius 1 is 1.23 bits per heavy atom. The maximum atomic E-state index is 13.2. The molecule has 228 valence electrons. The number of likely N-dealkylation sites (tertiary alicyclic amines) is 1. The van der Waals surface area contributed by atoms with Gasteiger partial charge in [-0.25, -0.2) is 9.50 Å². The highest BCUT2D eigenvalue weighted by Gasteiger charge is 2.25. The van der Waals surface area contributed by atoms with Crippen LogP contribution in [0.5, 0.6) is 5.75 Å². The zero-order valence-corrected chi connectivity index (χ0v) is 23.2. The number of nitrogens with one attached hydrogen (secondary N) is 2. The number of piperidine rings is 1. The summed E-state index contributed by atoms with van der Waals surface area (Å²) in [5.41, 5.74) is 1.88. The van der Waals surface area contributed by atoms with Gasteiger partial charge in [-0.2, -0.15) is 19.0 Å². The minimum absolute atomic E-state index is 0.0165. The van der Waals surface area contributed by atoms with Crippen molar-refractivity contribution in [1.82, 2.24) is 34.6 Å². The third-order valence-corrected chi connectivity index (χ3v) is 6.65. The fraction of sp³-hybridized carbons (Fsp3) is 0.308. The van der Waals surface area contributed by atoms with Crippen LogP contribution in [0.2, 0.25) is 5.02 Å². The highest BCUT2D eigenvalue weighted by atomic mass is 35.5. The van der Waals surface area contributed by atoms with Crippen LogP contribution in [0.1, 0.15) is 12.8 Å². The molecular formula is C26H27ClF2N8O6. The van der Waals surface area contributed by atoms with E-state index in [1.54, 1.807) is 40.3 Å². The first-order valence-corrected chi connectivity index (χ1v) is 13.2. The van der Waals surface area contributed by atoms with Gasteiger partial charge in [0, 0.05) is 48.3 Å². The summed E-state index contributed by atoms with van der Waals surface area (Å²) in [4.78, 5) is 38.3. The van der Waals surface area contributed by atoms with Crippen LogP contribution in [0.3, 0.4) is 0 Å². The van der Waals surface area contributed by atoms with Gasteiger partial charge < -0.3 is 30.5 Å². The van der Waals surface area contributed by atoms with E-state index in [0.29, 0.717) is 43.0 Å². The summed E-state index contributed by atoms with van der Waals surface area (Å²) in [6, 6.07) is 5.96. The molecule has 14 nitrogen and oxygen atoms in total. The van der Waals surface area contributed by atoms with Crippen molar-refractivity contribution in [1.29, 1.82) is 0 Å². The minimum atomic E-state index is -3.07. The summed E-state index contributed by atoms with van der Waals surface area (Å²) in [5, 5.41) is 31.0. The number of ether oxygens (including phenoxy) is 1. The van der Waals surface area contributed by atoms with E-state index in [4.69, 9.17) is 31.3 Å². The number of amides is 1. The number of fused-ring (bicyclic) bond motifs is 1. The van der Waals surface area contributed by atoms with Crippen molar-refractivity contribution >= 4 is 47.0 Å². The molecule has 3 aromatic heterocycles. The molecule has 0 unspecified atom stereocenters. The molecule has 17 heteroatoms. The van der Waals surface area contributed by atoms with E-state index in [0.717, 1.165) is 0 Å². The largest absolute Gasteiger partial charge is 0.483 e. The number of alkyl halides is 2. The number of aliphatic carboxylic acids is 1. The molecule has 4 heterocycles. The molecule has 43 heavy (non-hydrogen) atoms. The van der Waals surface area contributed by atoms with Crippen molar-refractivity contribution in [2.45, 2.75) is 32.0 Å². The van der Waals surface area contributed by atoms with Gasteiger partial charge >= 0.3 is 12.6 Å². The fourth-order valence-electron chi connectivity index (χ4n) is 4.54. The Balaban J connectivity index is 0.00000135. The lowest BCUT2D eigenvalue weighted by Gasteiger charge is -2.32. The van der Waals surface area contributed by atoms with Gasteiger partial charge in [0.05, 0.1) is 18.4 Å². The van der Waals surface area contributed by atoms with Gasteiger partial charge in [0.2, 0.25) is 5.91 Å². The molecule has 0 saturated carbocycles. The summed E-state index contributed by atoms with van der Waals surface area (Å²) in [5.74, 6) is -1.25. The van der Waals surface area contributed by atoms with E-state index in [-0.39, 0.29) is 53.5 Å². The third-order valence-electron chi connectivity index (χ3n) is 6.41. The Hall–Kier alpha value is -4.83. The first-order valence-electron chi connectivity index (χ1n) is 12.9. The van der Waals surface area contributed by atoms with Crippen molar-refractivity contribution in [2.75, 3.05) is 25.0 Å². The first-order chi connectivity index (χ1) is 20.7. The lowest BCUT2D eigenvalue weighted by molar-refractivity contribution is -0.137. The lowest BCUT2D eigenvalue weighted by Crippen LogP contribution is -2.46. The van der Waals surface area contributed by atoms with Gasteiger partial charge in [-0.3, -0.25) is 19.1 Å². The van der Waals surface area contributed by atoms with E-state index in [2.05, 4.69) is 25.8 Å². The minimum Gasteiger partial charge on any atom is -0.483 e. The quantitative estimate of drug-likeness (QED) is 0.192. The van der Waals surface area contributed by atoms with Gasteiger partial charge in [-0.1, -0.05) is 11.6 Å². The number of benzene rings is 1. The number of aromatic nitrogens is 5. The van der Waals surface area contributed by atoms with Gasteiger partial charge in [-0.15, -0.1) is 0 Å². The van der Waals surface area contributed by atoms with Gasteiger partial charge in [0.25, 0.3) is 6.47 Å². The molecule has 4 aromatic rings. The highest BCUT2D eigenvalue weighted by molar-refractivity contribution is 6.31. The number of hydrogen-bond acceptors (Lipinski definition) is 9. The van der Waals surface area contributed by atoms with E-state index in [1.807, 2.05) is 0 Å². The molecule has 0 spiro atoms. The summed E-state index contributed by atoms with van der Waals surface area (Å²) in [6.07, 6.45) is 7.72. The number of anilines is 2. The van der Waals surface area contributed by atoms with Crippen LogP contribution in [0, 0.1) is 0 Å². The van der Waals surface area contributed by atoms with Crippen molar-refractivity contribution in [3.63, 3.8) is 0 Å². The summed E-state index contributed by atoms with van der Waals surface area (Å²) < 4.78 is 34.1. The predicted molar refractivity (Wildman–Crippen MR) is 150 cm³/mol. The second-order valence-electron chi connectivity index (χ2n) is 9.21. The Morgan fingerprint density at radius 2 is 1.98 bits per heavy atom. The molecule has 1 aliphatic rings. The van der Waals surface area contributed by atoms with E-state index in [1.165, 1.54) is 22.9 Å². The average Bonchev–Trinajstić information content (AvgIpc) is 3.57. The SMILES string of the molecule is O=C(O)CNC1CCN(C(=O)Cn2cc(Nc3cnn4cccnc34)c(-c3cc(Cl)ccc3OC(F)F)n2)CC1.O=CO. The summed E-state index contributed by atoms with van der Waals surface area (Å²) in [7, 11) is 0. The van der Waals surface area contributed by atoms with Crippen LogP contribution in [0.25, 0.3) is 16.9 Å². The lowest BCUT2D eigenvalue weighted by atomic mass is 10.1. The Labute approximate surface area is 247 Å². The Kier molecular flexibility index (Phi) is 10.4. The molecule has 1 aliphatic heterocycles. The Bertz CT molecular complexity index is 1570. The van der Waals surface area contributed by atoms with Gasteiger partial charge in [0.15, 0.2) is 5.65 Å². The summed E-state index contributed by atoms with van der Waals surface area (Å²) >= 11 is 6.20. The second kappa shape index (κ2) is 14.4. The standard InChI is InChI=1S/C25H25ClF2N8O4.CH2O2/c26-15-2-3-20(40-25(27)28)17(10-15)23-19(32-18-11-31-36-7-1-6-29-24(18)36)13-35(33-23)14-21(37)34-8-4-16(5-9-34)30-12-22(38)39;2-1-3/h1-3,6-7,10-11,13,16,25,30,32H,4-5,8-9,12,14H2,(H,38,39);1H,(H,2,3). The maximum Gasteiger partial charge on any atom is 0.387 e. The number of halogens is 3. The number of carbonyl (C=O) groups excluding carboxylic acids is 1. The smallest absolute Gasteiger partial charge is 0.387 e. The zero-order valence-electron chi connectivity index (χ0n) is 22.4. The monoisotopic (exact) mass is 620 g/mol. The van der Waals surface area contributed by atoms with Gasteiger partial charge in [-0.05, 0) is 37.1 Å². The van der Waals surface area contributed by atoms with Crippen molar-refractivity contribution in [3.05, 3.63) is 54.1 Å². The van der Waals surface area contributed by atoms with Gasteiger partial charge in [0.1, 0.15) is 23.7 Å². The molecule has 1 fully saturated rings. The summed E-state index contributed by atoms with van der Waals surface area (Å²) in [6.45, 7) is -2.64. The molecule has 0 radical (unpaired) electrons.